The minimum absolute atomic E-state index is 0.536. The van der Waals surface area contributed by atoms with E-state index in [4.69, 9.17) is 18.9 Å². The minimum atomic E-state index is 0.536. The van der Waals surface area contributed by atoms with Crippen LogP contribution >= 0.6 is 34.4 Å². The van der Waals surface area contributed by atoms with Crippen molar-refractivity contribution in [1.82, 2.24) is 20.2 Å². The van der Waals surface area contributed by atoms with Gasteiger partial charge in [-0.3, -0.25) is 0 Å². The fraction of sp³-hybridized carbons (Fsp3) is 0.300. The number of thioether (sulfide) groups is 1. The SMILES string of the molecule is CCOc1ccc(-c2nc(CSc3nnc(Cc4csc(C)n4)o3)cs2)cc1OC. The number of methoxy groups -OCH3 is 1. The van der Waals surface area contributed by atoms with Crippen LogP contribution < -0.4 is 9.47 Å². The maximum absolute atomic E-state index is 5.73. The first-order chi connectivity index (χ1) is 14.6. The summed E-state index contributed by atoms with van der Waals surface area (Å²) in [5.74, 6) is 2.66. The van der Waals surface area contributed by atoms with Crippen molar-refractivity contribution in [2.45, 2.75) is 31.2 Å². The van der Waals surface area contributed by atoms with Crippen LogP contribution in [0.15, 0.2) is 38.6 Å². The Morgan fingerprint density at radius 2 is 1.93 bits per heavy atom. The molecule has 10 heteroatoms. The van der Waals surface area contributed by atoms with Gasteiger partial charge in [0.15, 0.2) is 11.5 Å². The van der Waals surface area contributed by atoms with Gasteiger partial charge in [0.2, 0.25) is 5.89 Å². The topological polar surface area (TPSA) is 83.2 Å². The van der Waals surface area contributed by atoms with Gasteiger partial charge >= 0.3 is 0 Å². The van der Waals surface area contributed by atoms with Gasteiger partial charge in [0.05, 0.1) is 36.5 Å². The van der Waals surface area contributed by atoms with Crippen molar-refractivity contribution in [2.75, 3.05) is 13.7 Å². The van der Waals surface area contributed by atoms with Crippen LogP contribution in [0.25, 0.3) is 10.6 Å². The molecule has 0 N–H and O–H groups in total. The molecule has 30 heavy (non-hydrogen) atoms. The third kappa shape index (κ3) is 5.00. The van der Waals surface area contributed by atoms with Gasteiger partial charge in [-0.25, -0.2) is 9.97 Å². The number of nitrogens with zero attached hydrogens (tertiary/aromatic N) is 4. The lowest BCUT2D eigenvalue weighted by atomic mass is 10.2. The van der Waals surface area contributed by atoms with Crippen molar-refractivity contribution < 1.29 is 13.9 Å². The quantitative estimate of drug-likeness (QED) is 0.313. The van der Waals surface area contributed by atoms with Gasteiger partial charge < -0.3 is 13.9 Å². The molecule has 0 atom stereocenters. The molecule has 0 radical (unpaired) electrons. The van der Waals surface area contributed by atoms with Crippen LogP contribution in [0.3, 0.4) is 0 Å². The fourth-order valence-corrected chi connectivity index (χ4v) is 4.94. The van der Waals surface area contributed by atoms with E-state index in [9.17, 15) is 0 Å². The molecule has 0 bridgehead atoms. The lowest BCUT2D eigenvalue weighted by Gasteiger charge is -2.09. The van der Waals surface area contributed by atoms with E-state index in [2.05, 4.69) is 15.2 Å². The first-order valence-electron chi connectivity index (χ1n) is 9.26. The first-order valence-corrected chi connectivity index (χ1v) is 12.0. The van der Waals surface area contributed by atoms with Crippen molar-refractivity contribution in [3.8, 4) is 22.1 Å². The number of aromatic nitrogens is 4. The highest BCUT2D eigenvalue weighted by atomic mass is 32.2. The van der Waals surface area contributed by atoms with Crippen LogP contribution in [0.2, 0.25) is 0 Å². The predicted octanol–water partition coefficient (Wildman–Crippen LogP) is 5.25. The summed E-state index contributed by atoms with van der Waals surface area (Å²) in [5.41, 5.74) is 2.91. The number of ether oxygens (including phenoxy) is 2. The zero-order chi connectivity index (χ0) is 20.9. The van der Waals surface area contributed by atoms with Crippen molar-refractivity contribution in [3.05, 3.63) is 51.2 Å². The van der Waals surface area contributed by atoms with Crippen LogP contribution in [0.4, 0.5) is 0 Å². The summed E-state index contributed by atoms with van der Waals surface area (Å²) >= 11 is 4.68. The Morgan fingerprint density at radius 3 is 2.70 bits per heavy atom. The van der Waals surface area contributed by atoms with Gasteiger partial charge in [0.1, 0.15) is 5.01 Å². The van der Waals surface area contributed by atoms with Gasteiger partial charge in [0, 0.05) is 22.1 Å². The molecule has 7 nitrogen and oxygen atoms in total. The Morgan fingerprint density at radius 1 is 1.07 bits per heavy atom. The summed E-state index contributed by atoms with van der Waals surface area (Å²) < 4.78 is 16.7. The Kier molecular flexibility index (Phi) is 6.66. The molecule has 0 aliphatic heterocycles. The molecule has 0 aliphatic carbocycles. The Labute approximate surface area is 186 Å². The number of hydrogen-bond acceptors (Lipinski definition) is 10. The Balaban J connectivity index is 1.38. The van der Waals surface area contributed by atoms with E-state index in [1.165, 1.54) is 11.8 Å². The molecule has 0 aliphatic rings. The highest BCUT2D eigenvalue weighted by Gasteiger charge is 2.13. The van der Waals surface area contributed by atoms with Gasteiger partial charge in [0.25, 0.3) is 5.22 Å². The van der Waals surface area contributed by atoms with Crippen LogP contribution in [-0.2, 0) is 12.2 Å². The van der Waals surface area contributed by atoms with E-state index in [0.29, 0.717) is 35.6 Å². The molecule has 0 saturated heterocycles. The molecular formula is C20H20N4O3S3. The van der Waals surface area contributed by atoms with Crippen molar-refractivity contribution >= 4 is 34.4 Å². The average molecular weight is 461 g/mol. The van der Waals surface area contributed by atoms with Crippen LogP contribution in [0.5, 0.6) is 11.5 Å². The molecule has 0 saturated carbocycles. The third-order valence-electron chi connectivity index (χ3n) is 4.05. The molecule has 4 rings (SSSR count). The standard InChI is InChI=1S/C20H20N4O3S3/c1-4-26-16-6-5-13(7-17(16)25-3)19-22-15(10-29-19)11-30-20-24-23-18(27-20)8-14-9-28-12(2)21-14/h5-7,9-10H,4,8,11H2,1-3H3. The maximum Gasteiger partial charge on any atom is 0.276 e. The Bertz CT molecular complexity index is 1120. The Hall–Kier alpha value is -2.43. The molecule has 0 fully saturated rings. The third-order valence-corrected chi connectivity index (χ3v) is 6.67. The molecule has 156 valence electrons. The van der Waals surface area contributed by atoms with E-state index in [1.54, 1.807) is 29.8 Å². The molecule has 0 unspecified atom stereocenters. The van der Waals surface area contributed by atoms with Gasteiger partial charge in [-0.1, -0.05) is 11.8 Å². The van der Waals surface area contributed by atoms with Gasteiger partial charge in [-0.15, -0.1) is 32.9 Å². The normalized spacial score (nSPS) is 11.0. The highest BCUT2D eigenvalue weighted by Crippen LogP contribution is 2.34. The second-order valence-corrected chi connectivity index (χ2v) is 9.07. The van der Waals surface area contributed by atoms with E-state index in [0.717, 1.165) is 32.7 Å². The summed E-state index contributed by atoms with van der Waals surface area (Å²) in [4.78, 5) is 9.15. The summed E-state index contributed by atoms with van der Waals surface area (Å²) in [6, 6.07) is 5.86. The number of benzene rings is 1. The highest BCUT2D eigenvalue weighted by molar-refractivity contribution is 7.98. The predicted molar refractivity (Wildman–Crippen MR) is 119 cm³/mol. The molecule has 0 spiro atoms. The zero-order valence-electron chi connectivity index (χ0n) is 16.7. The number of rotatable bonds is 9. The van der Waals surface area contributed by atoms with Gasteiger partial charge in [-0.05, 0) is 32.0 Å². The average Bonchev–Trinajstić information content (AvgIpc) is 3.49. The van der Waals surface area contributed by atoms with E-state index < -0.39 is 0 Å². The lowest BCUT2D eigenvalue weighted by Crippen LogP contribution is -1.95. The van der Waals surface area contributed by atoms with Crippen molar-refractivity contribution in [1.29, 1.82) is 0 Å². The van der Waals surface area contributed by atoms with Crippen molar-refractivity contribution in [3.63, 3.8) is 0 Å². The summed E-state index contributed by atoms with van der Waals surface area (Å²) in [6.07, 6.45) is 0.554. The molecular weight excluding hydrogens is 440 g/mol. The summed E-state index contributed by atoms with van der Waals surface area (Å²) in [6.45, 7) is 4.52. The molecule has 3 aromatic heterocycles. The van der Waals surface area contributed by atoms with Crippen LogP contribution in [0, 0.1) is 6.92 Å². The summed E-state index contributed by atoms with van der Waals surface area (Å²) in [5, 5.41) is 14.8. The molecule has 4 aromatic rings. The lowest BCUT2D eigenvalue weighted by molar-refractivity contribution is 0.311. The van der Waals surface area contributed by atoms with E-state index in [1.807, 2.05) is 42.8 Å². The first kappa shape index (κ1) is 20.8. The molecule has 1 aromatic carbocycles. The van der Waals surface area contributed by atoms with Crippen LogP contribution in [0.1, 0.15) is 29.2 Å². The van der Waals surface area contributed by atoms with Gasteiger partial charge in [-0.2, -0.15) is 0 Å². The fourth-order valence-electron chi connectivity index (χ4n) is 2.73. The van der Waals surface area contributed by atoms with E-state index in [-0.39, 0.29) is 0 Å². The van der Waals surface area contributed by atoms with Crippen LogP contribution in [-0.4, -0.2) is 33.9 Å². The maximum atomic E-state index is 5.73. The number of aryl methyl sites for hydroxylation is 1. The second kappa shape index (κ2) is 9.59. The molecule has 0 amide bonds. The monoisotopic (exact) mass is 460 g/mol. The summed E-state index contributed by atoms with van der Waals surface area (Å²) in [7, 11) is 1.64. The number of hydrogen-bond donors (Lipinski definition) is 0. The second-order valence-electron chi connectivity index (χ2n) is 6.23. The molecule has 3 heterocycles. The smallest absolute Gasteiger partial charge is 0.276 e. The minimum Gasteiger partial charge on any atom is -0.493 e. The van der Waals surface area contributed by atoms with E-state index >= 15 is 0 Å². The zero-order valence-corrected chi connectivity index (χ0v) is 19.2. The largest absolute Gasteiger partial charge is 0.493 e. The van der Waals surface area contributed by atoms with Crippen molar-refractivity contribution in [2.24, 2.45) is 0 Å². The number of thiazole rings is 2.